The summed E-state index contributed by atoms with van der Waals surface area (Å²) < 4.78 is 2.18. The molecule has 0 aliphatic carbocycles. The van der Waals surface area contributed by atoms with Crippen molar-refractivity contribution in [3.63, 3.8) is 0 Å². The lowest BCUT2D eigenvalue weighted by Gasteiger charge is -2.17. The third kappa shape index (κ3) is 2.85. The van der Waals surface area contributed by atoms with Gasteiger partial charge in [-0.2, -0.15) is 0 Å². The van der Waals surface area contributed by atoms with Gasteiger partial charge in [0.1, 0.15) is 16.5 Å². The first-order valence-electron chi connectivity index (χ1n) is 8.69. The normalized spacial score (nSPS) is 13.8. The fourth-order valence-electron chi connectivity index (χ4n) is 3.54. The molecule has 0 spiro atoms. The van der Waals surface area contributed by atoms with Crippen LogP contribution < -0.4 is 0 Å². The third-order valence-electron chi connectivity index (χ3n) is 4.76. The van der Waals surface area contributed by atoms with Crippen LogP contribution in [-0.2, 0) is 19.6 Å². The fourth-order valence-corrected chi connectivity index (χ4v) is 4.15. The molecule has 128 valence electrons. The molecule has 26 heavy (non-hydrogen) atoms. The molecule has 4 aromatic rings. The van der Waals surface area contributed by atoms with Crippen molar-refractivity contribution in [2.75, 3.05) is 0 Å². The van der Waals surface area contributed by atoms with E-state index < -0.39 is 0 Å². The Morgan fingerprint density at radius 3 is 2.54 bits per heavy atom. The van der Waals surface area contributed by atoms with Crippen LogP contribution in [-0.4, -0.2) is 19.4 Å². The third-order valence-corrected chi connectivity index (χ3v) is 5.55. The molecule has 0 saturated heterocycles. The van der Waals surface area contributed by atoms with Gasteiger partial charge in [-0.25, -0.2) is 9.97 Å². The first-order valence-corrected chi connectivity index (χ1v) is 9.57. The van der Waals surface area contributed by atoms with Crippen LogP contribution in [0.4, 0.5) is 0 Å². The van der Waals surface area contributed by atoms with Crippen LogP contribution in [0.1, 0.15) is 16.8 Å². The summed E-state index contributed by atoms with van der Waals surface area (Å²) in [6.07, 6.45) is 3.91. The first kappa shape index (κ1) is 15.5. The maximum absolute atomic E-state index is 4.82. The van der Waals surface area contributed by atoms with Crippen LogP contribution in [0.5, 0.6) is 0 Å². The van der Waals surface area contributed by atoms with Crippen LogP contribution in [0.15, 0.2) is 72.4 Å². The van der Waals surface area contributed by atoms with Gasteiger partial charge in [0.2, 0.25) is 0 Å². The van der Waals surface area contributed by atoms with Gasteiger partial charge in [-0.05, 0) is 35.4 Å². The number of aromatic nitrogens is 3. The molecule has 1 aromatic carbocycles. The summed E-state index contributed by atoms with van der Waals surface area (Å²) in [5, 5.41) is 2.94. The van der Waals surface area contributed by atoms with Gasteiger partial charge in [0.05, 0.1) is 0 Å². The lowest BCUT2D eigenvalue weighted by molar-refractivity contribution is 0.270. The van der Waals surface area contributed by atoms with Gasteiger partial charge in [-0.15, -0.1) is 11.3 Å². The minimum Gasteiger partial charge on any atom is -0.304 e. The first-order chi connectivity index (χ1) is 12.9. The van der Waals surface area contributed by atoms with Gasteiger partial charge >= 0.3 is 0 Å². The number of rotatable bonds is 4. The molecule has 1 aliphatic heterocycles. The molecule has 4 nitrogen and oxygen atoms in total. The van der Waals surface area contributed by atoms with E-state index in [1.165, 1.54) is 16.8 Å². The monoisotopic (exact) mass is 358 g/mol. The molecule has 0 bridgehead atoms. The average Bonchev–Trinajstić information content (AvgIpc) is 3.42. The molecule has 0 amide bonds. The minimum atomic E-state index is 0.908. The lowest BCUT2D eigenvalue weighted by Crippen LogP contribution is -2.18. The summed E-state index contributed by atoms with van der Waals surface area (Å²) in [4.78, 5) is 11.7. The van der Waals surface area contributed by atoms with E-state index in [-0.39, 0.29) is 0 Å². The Hall–Kier alpha value is -2.76. The highest BCUT2D eigenvalue weighted by Crippen LogP contribution is 2.25. The maximum atomic E-state index is 4.82. The van der Waals surface area contributed by atoms with E-state index in [1.807, 2.05) is 17.6 Å². The van der Waals surface area contributed by atoms with Crippen LogP contribution >= 0.6 is 11.3 Å². The van der Waals surface area contributed by atoms with E-state index >= 15 is 0 Å². The summed E-state index contributed by atoms with van der Waals surface area (Å²) in [6, 6.07) is 19.1. The Labute approximate surface area is 156 Å². The summed E-state index contributed by atoms with van der Waals surface area (Å²) in [6.45, 7) is 2.92. The number of hydrogen-bond acceptors (Lipinski definition) is 4. The molecule has 0 fully saturated rings. The molecule has 3 aromatic heterocycles. The van der Waals surface area contributed by atoms with Crippen LogP contribution in [0.3, 0.4) is 0 Å². The molecular weight excluding hydrogens is 340 g/mol. The van der Waals surface area contributed by atoms with Crippen molar-refractivity contribution in [2.24, 2.45) is 0 Å². The summed E-state index contributed by atoms with van der Waals surface area (Å²) >= 11 is 1.61. The van der Waals surface area contributed by atoms with E-state index in [0.717, 1.165) is 36.2 Å². The highest BCUT2D eigenvalue weighted by molar-refractivity contribution is 7.13. The highest BCUT2D eigenvalue weighted by atomic mass is 32.1. The standard InChI is InChI=1S/C21H18N4S/c1-2-6-17-14-24(13-16(17)5-1)15-18-7-4-11-25(18)20-9-3-8-19(23-20)21-22-10-12-26-21/h1-12H,13-15H2. The molecule has 4 heterocycles. The molecule has 0 radical (unpaired) electrons. The zero-order valence-corrected chi connectivity index (χ0v) is 15.1. The Morgan fingerprint density at radius 2 is 1.77 bits per heavy atom. The van der Waals surface area contributed by atoms with Crippen LogP contribution in [0, 0.1) is 0 Å². The second kappa shape index (κ2) is 6.52. The van der Waals surface area contributed by atoms with Crippen LogP contribution in [0.2, 0.25) is 0 Å². The highest BCUT2D eigenvalue weighted by Gasteiger charge is 2.19. The number of benzene rings is 1. The predicted octanol–water partition coefficient (Wildman–Crippen LogP) is 4.51. The largest absolute Gasteiger partial charge is 0.304 e. The molecule has 5 heteroatoms. The Morgan fingerprint density at radius 1 is 0.923 bits per heavy atom. The molecule has 5 rings (SSSR count). The van der Waals surface area contributed by atoms with E-state index in [2.05, 4.69) is 69.2 Å². The topological polar surface area (TPSA) is 34.0 Å². The molecule has 1 aliphatic rings. The molecule has 0 N–H and O–H groups in total. The summed E-state index contributed by atoms with van der Waals surface area (Å²) in [5.41, 5.74) is 5.05. The zero-order valence-electron chi connectivity index (χ0n) is 14.2. The lowest BCUT2D eigenvalue weighted by atomic mass is 10.1. The Balaban J connectivity index is 1.41. The Bertz CT molecular complexity index is 1010. The van der Waals surface area contributed by atoms with E-state index in [1.54, 1.807) is 11.3 Å². The zero-order chi connectivity index (χ0) is 17.3. The molecule has 0 saturated carbocycles. The smallest absolute Gasteiger partial charge is 0.141 e. The average molecular weight is 358 g/mol. The number of thiazole rings is 1. The SMILES string of the molecule is c1cc(-c2nccs2)nc(-n2cccc2CN2Cc3ccccc3C2)c1. The van der Waals surface area contributed by atoms with Crippen molar-refractivity contribution in [2.45, 2.75) is 19.6 Å². The van der Waals surface area contributed by atoms with Gasteiger partial charge in [0.25, 0.3) is 0 Å². The minimum absolute atomic E-state index is 0.908. The second-order valence-electron chi connectivity index (χ2n) is 6.50. The second-order valence-corrected chi connectivity index (χ2v) is 7.40. The van der Waals surface area contributed by atoms with E-state index in [4.69, 9.17) is 4.98 Å². The molecule has 0 atom stereocenters. The van der Waals surface area contributed by atoms with Crippen molar-refractivity contribution in [3.05, 3.63) is 89.2 Å². The van der Waals surface area contributed by atoms with Crippen molar-refractivity contribution in [1.29, 1.82) is 0 Å². The van der Waals surface area contributed by atoms with Crippen molar-refractivity contribution in [3.8, 4) is 16.5 Å². The van der Waals surface area contributed by atoms with Crippen molar-refractivity contribution in [1.82, 2.24) is 19.4 Å². The van der Waals surface area contributed by atoms with Crippen LogP contribution in [0.25, 0.3) is 16.5 Å². The van der Waals surface area contributed by atoms with Crippen molar-refractivity contribution >= 4 is 11.3 Å². The summed E-state index contributed by atoms with van der Waals surface area (Å²) in [7, 11) is 0. The van der Waals surface area contributed by atoms with Gasteiger partial charge in [-0.3, -0.25) is 4.90 Å². The van der Waals surface area contributed by atoms with Gasteiger partial charge in [0, 0.05) is 43.1 Å². The van der Waals surface area contributed by atoms with Crippen molar-refractivity contribution < 1.29 is 0 Å². The fraction of sp³-hybridized carbons (Fsp3) is 0.143. The van der Waals surface area contributed by atoms with Gasteiger partial charge in [-0.1, -0.05) is 30.3 Å². The van der Waals surface area contributed by atoms with Gasteiger partial charge < -0.3 is 4.57 Å². The molecule has 0 unspecified atom stereocenters. The quantitative estimate of drug-likeness (QED) is 0.538. The van der Waals surface area contributed by atoms with E-state index in [9.17, 15) is 0 Å². The predicted molar refractivity (Wildman–Crippen MR) is 104 cm³/mol. The maximum Gasteiger partial charge on any atom is 0.141 e. The Kier molecular flexibility index (Phi) is 3.88. The summed E-state index contributed by atoms with van der Waals surface area (Å²) in [5.74, 6) is 0.939. The number of pyridine rings is 1. The molecular formula is C21H18N4S. The van der Waals surface area contributed by atoms with Gasteiger partial charge in [0.15, 0.2) is 0 Å². The number of fused-ring (bicyclic) bond motifs is 1. The number of hydrogen-bond donors (Lipinski definition) is 0. The van der Waals surface area contributed by atoms with E-state index in [0.29, 0.717) is 0 Å². The number of nitrogens with zero attached hydrogens (tertiary/aromatic N) is 4.